The Labute approximate surface area is 373 Å². The number of carboxylic acid groups (broad SMARTS) is 1. The van der Waals surface area contributed by atoms with Gasteiger partial charge < -0.3 is 92.8 Å². The minimum Gasteiger partial charge on any atom is -0.480 e. The number of aliphatic hydroxyl groups excluding tert-OH is 3. The van der Waals surface area contributed by atoms with E-state index in [0.717, 1.165) is 6.92 Å². The largest absolute Gasteiger partial charge is 0.480 e. The van der Waals surface area contributed by atoms with Crippen molar-refractivity contribution in [3.63, 3.8) is 0 Å². The van der Waals surface area contributed by atoms with Crippen molar-refractivity contribution in [3.8, 4) is 0 Å². The highest BCUT2D eigenvalue weighted by molar-refractivity contribution is 5.93. The summed E-state index contributed by atoms with van der Waals surface area (Å²) >= 11 is 0. The van der Waals surface area contributed by atoms with Crippen LogP contribution in [-0.4, -0.2) is 192 Å². The number of aliphatic hydroxyl groups is 3. The van der Waals surface area contributed by atoms with E-state index in [1.165, 1.54) is 27.7 Å². The highest BCUT2D eigenvalue weighted by Gasteiger charge is 2.56. The van der Waals surface area contributed by atoms with E-state index < -0.39 is 152 Å². The Bertz CT molecular complexity index is 1710. The molecular formula is C38H63N9O18. The Hall–Kier alpha value is -5.13. The third kappa shape index (κ3) is 16.1. The van der Waals surface area contributed by atoms with Crippen LogP contribution in [-0.2, 0) is 66.8 Å². The van der Waals surface area contributed by atoms with E-state index >= 15 is 0 Å². The van der Waals surface area contributed by atoms with Crippen molar-refractivity contribution in [2.75, 3.05) is 26.3 Å². The molecule has 0 spiro atoms. The lowest BCUT2D eigenvalue weighted by molar-refractivity contribution is -0.313. The van der Waals surface area contributed by atoms with Crippen LogP contribution in [0.25, 0.3) is 0 Å². The SMILES string of the molecule is CC(=O)NC1C(OC2C3COC(O3)C(NC(C)=O)C2OC(C)C(=O)NC(C)C(=O)NC(CCC(=O)NC(CCCCNC(=O)CN)C(=O)NC(C)C(=O)O)C(N)=O)OC(CO)C(O)C1O. The molecule has 8 amide bonds. The van der Waals surface area contributed by atoms with Gasteiger partial charge in [0.15, 0.2) is 12.6 Å². The monoisotopic (exact) mass is 933 g/mol. The topological polar surface area (TPSA) is 417 Å². The Morgan fingerprint density at radius 2 is 1.40 bits per heavy atom. The van der Waals surface area contributed by atoms with Crippen LogP contribution in [0.4, 0.5) is 0 Å². The highest BCUT2D eigenvalue weighted by Crippen LogP contribution is 2.35. The molecule has 0 aliphatic carbocycles. The van der Waals surface area contributed by atoms with Crippen molar-refractivity contribution >= 4 is 53.2 Å². The van der Waals surface area contributed by atoms with Gasteiger partial charge in [-0.3, -0.25) is 43.2 Å². The third-order valence-corrected chi connectivity index (χ3v) is 10.6. The van der Waals surface area contributed by atoms with Gasteiger partial charge >= 0.3 is 5.97 Å². The van der Waals surface area contributed by atoms with Crippen LogP contribution in [0.15, 0.2) is 0 Å². The molecule has 3 heterocycles. The molecule has 3 aliphatic heterocycles. The van der Waals surface area contributed by atoms with E-state index in [1.54, 1.807) is 0 Å². The second kappa shape index (κ2) is 25.5. The average Bonchev–Trinajstić information content (AvgIpc) is 3.68. The Balaban J connectivity index is 1.67. The molecule has 27 nitrogen and oxygen atoms in total. The fourth-order valence-electron chi connectivity index (χ4n) is 7.06. The summed E-state index contributed by atoms with van der Waals surface area (Å²) < 4.78 is 29.8. The van der Waals surface area contributed by atoms with E-state index in [2.05, 4.69) is 37.2 Å². The van der Waals surface area contributed by atoms with Gasteiger partial charge in [-0.25, -0.2) is 0 Å². The first-order valence-electron chi connectivity index (χ1n) is 21.0. The predicted molar refractivity (Wildman–Crippen MR) is 218 cm³/mol. The number of rotatable bonds is 25. The van der Waals surface area contributed by atoms with E-state index in [9.17, 15) is 63.6 Å². The average molecular weight is 934 g/mol. The summed E-state index contributed by atoms with van der Waals surface area (Å²) in [5.41, 5.74) is 10.8. The number of nitrogens with two attached hydrogens (primary N) is 2. The Morgan fingerprint density at radius 1 is 0.754 bits per heavy atom. The Kier molecular flexibility index (Phi) is 21.3. The normalized spacial score (nSPS) is 28.2. The minimum absolute atomic E-state index is 0.0526. The fourth-order valence-corrected chi connectivity index (χ4v) is 7.06. The van der Waals surface area contributed by atoms with Crippen molar-refractivity contribution in [2.24, 2.45) is 11.5 Å². The molecular weight excluding hydrogens is 870 g/mol. The molecule has 15 atom stereocenters. The van der Waals surface area contributed by atoms with Gasteiger partial charge in [-0.1, -0.05) is 0 Å². The number of carbonyl (C=O) groups excluding carboxylic acids is 8. The number of hydrogen-bond acceptors (Lipinski definition) is 18. The summed E-state index contributed by atoms with van der Waals surface area (Å²) in [6.45, 7) is 5.36. The maximum atomic E-state index is 13.5. The molecule has 3 fully saturated rings. The number of unbranched alkanes of at least 4 members (excludes halogenated alkanes) is 1. The zero-order valence-electron chi connectivity index (χ0n) is 36.7. The minimum atomic E-state index is -1.67. The molecule has 0 aromatic rings. The molecule has 2 bridgehead atoms. The molecule has 368 valence electrons. The lowest BCUT2D eigenvalue weighted by atomic mass is 9.95. The second-order valence-electron chi connectivity index (χ2n) is 15.9. The quantitative estimate of drug-likeness (QED) is 0.0378. The van der Waals surface area contributed by atoms with Gasteiger partial charge in [-0.15, -0.1) is 0 Å². The number of fused-ring (bicyclic) bond motifs is 2. The Morgan fingerprint density at radius 3 is 2.00 bits per heavy atom. The van der Waals surface area contributed by atoms with Gasteiger partial charge in [0.05, 0.1) is 19.8 Å². The van der Waals surface area contributed by atoms with Crippen molar-refractivity contribution in [1.82, 2.24) is 37.2 Å². The van der Waals surface area contributed by atoms with Gasteiger partial charge in [-0.05, 0) is 46.5 Å². The molecule has 0 saturated carbocycles. The number of amides is 8. The standard InChI is InChI=1S/C38H63N9O18/c1-15(33(56)47-20(32(40)55)9-10-24(51)46-21(35(58)43-16(2)36(59)60)8-6-7-11-41-25(52)12-39)42-34(57)17(3)62-31-27(45-19(5)50)37-61-14-23(64-37)30(31)65-38-26(44-18(4)49)29(54)28(53)22(13-48)63-38/h15-17,20-23,26-31,37-38,48,53-54H,6-14,39H2,1-5H3,(H2,40,55)(H,41,52)(H,42,57)(H,43,58)(H,44,49)(H,45,50)(H,46,51)(H,47,56)(H,59,60). The van der Waals surface area contributed by atoms with Crippen LogP contribution in [0.1, 0.15) is 66.7 Å². The smallest absolute Gasteiger partial charge is 0.325 e. The zero-order valence-corrected chi connectivity index (χ0v) is 36.7. The van der Waals surface area contributed by atoms with Gasteiger partial charge in [0.25, 0.3) is 0 Å². The molecule has 15 unspecified atom stereocenters. The molecule has 27 heteroatoms. The van der Waals surface area contributed by atoms with Crippen LogP contribution < -0.4 is 48.7 Å². The second-order valence-corrected chi connectivity index (χ2v) is 15.9. The number of aliphatic carboxylic acids is 1. The first-order valence-corrected chi connectivity index (χ1v) is 21.0. The first kappa shape index (κ1) is 54.2. The fraction of sp³-hybridized carbons (Fsp3) is 0.763. The van der Waals surface area contributed by atoms with Crippen molar-refractivity contribution < 1.29 is 87.3 Å². The lowest BCUT2D eigenvalue weighted by Gasteiger charge is -2.47. The predicted octanol–water partition coefficient (Wildman–Crippen LogP) is -7.08. The molecule has 3 aliphatic rings. The van der Waals surface area contributed by atoms with Crippen molar-refractivity contribution in [3.05, 3.63) is 0 Å². The number of carboxylic acids is 1. The lowest BCUT2D eigenvalue weighted by Crippen LogP contribution is -2.68. The van der Waals surface area contributed by atoms with Crippen molar-refractivity contribution in [1.29, 1.82) is 0 Å². The van der Waals surface area contributed by atoms with Crippen molar-refractivity contribution in [2.45, 2.75) is 158 Å². The first-order chi connectivity index (χ1) is 30.6. The molecule has 3 saturated heterocycles. The zero-order chi connectivity index (χ0) is 48.7. The van der Waals surface area contributed by atoms with Crippen LogP contribution in [0.5, 0.6) is 0 Å². The number of ether oxygens (including phenoxy) is 5. The van der Waals surface area contributed by atoms with Gasteiger partial charge in [0.1, 0.15) is 79.0 Å². The molecule has 15 N–H and O–H groups in total. The van der Waals surface area contributed by atoms with E-state index in [4.69, 9.17) is 35.2 Å². The highest BCUT2D eigenvalue weighted by atomic mass is 16.8. The van der Waals surface area contributed by atoms with Crippen LogP contribution >= 0.6 is 0 Å². The summed E-state index contributed by atoms with van der Waals surface area (Å²) in [6, 6.07) is -7.75. The summed E-state index contributed by atoms with van der Waals surface area (Å²) in [5.74, 6) is -7.21. The molecule has 0 aromatic heterocycles. The number of hydrogen-bond donors (Lipinski definition) is 13. The van der Waals surface area contributed by atoms with Gasteiger partial charge in [-0.2, -0.15) is 0 Å². The third-order valence-electron chi connectivity index (χ3n) is 10.6. The summed E-state index contributed by atoms with van der Waals surface area (Å²) in [6.07, 6.45) is -12.1. The molecule has 0 radical (unpaired) electrons. The van der Waals surface area contributed by atoms with Crippen LogP contribution in [0, 0.1) is 0 Å². The van der Waals surface area contributed by atoms with E-state index in [1.807, 2.05) is 0 Å². The van der Waals surface area contributed by atoms with E-state index in [0.29, 0.717) is 12.8 Å². The summed E-state index contributed by atoms with van der Waals surface area (Å²) in [4.78, 5) is 112. The molecule has 65 heavy (non-hydrogen) atoms. The summed E-state index contributed by atoms with van der Waals surface area (Å²) in [7, 11) is 0. The number of nitrogens with one attached hydrogen (secondary N) is 7. The molecule has 3 rings (SSSR count). The number of carbonyl (C=O) groups is 9. The summed E-state index contributed by atoms with van der Waals surface area (Å²) in [5, 5.41) is 57.6. The molecule has 0 aromatic carbocycles. The van der Waals surface area contributed by atoms with Crippen LogP contribution in [0.3, 0.4) is 0 Å². The number of primary amides is 1. The maximum Gasteiger partial charge on any atom is 0.325 e. The van der Waals surface area contributed by atoms with E-state index in [-0.39, 0.29) is 38.4 Å². The van der Waals surface area contributed by atoms with Crippen LogP contribution in [0.2, 0.25) is 0 Å². The van der Waals surface area contributed by atoms with Gasteiger partial charge in [0.2, 0.25) is 47.3 Å². The maximum absolute atomic E-state index is 13.5. The van der Waals surface area contributed by atoms with Gasteiger partial charge in [0, 0.05) is 26.8 Å².